The number of piperidine rings is 1. The third-order valence-electron chi connectivity index (χ3n) is 5.01. The fraction of sp³-hybridized carbons (Fsp3) is 0.400. The van der Waals surface area contributed by atoms with Crippen molar-refractivity contribution in [3.63, 3.8) is 0 Å². The summed E-state index contributed by atoms with van der Waals surface area (Å²) in [6, 6.07) is 14.0. The molecule has 1 aliphatic heterocycles. The molecule has 2 heterocycles. The molecule has 0 saturated carbocycles. The molecule has 1 aromatic heterocycles. The Morgan fingerprint density at radius 2 is 2.04 bits per heavy atom. The summed E-state index contributed by atoms with van der Waals surface area (Å²) in [5.41, 5.74) is 2.59. The Morgan fingerprint density at radius 1 is 1.25 bits per heavy atom. The van der Waals surface area contributed by atoms with Gasteiger partial charge in [-0.1, -0.05) is 30.3 Å². The largest absolute Gasteiger partial charge is 0.481 e. The standard InChI is InChI=1S/C20H24N2O2/c1-16-7-2-3-8-17(16)13-20(19(23)24)10-6-12-22(15-20)14-18-9-4-5-11-21-18/h2-5,7-9,11H,6,10,12-15H2,1H3,(H,23,24)/t20-/m0/s1. The van der Waals surface area contributed by atoms with E-state index in [4.69, 9.17) is 0 Å². The maximum Gasteiger partial charge on any atom is 0.311 e. The third kappa shape index (κ3) is 3.65. The van der Waals surface area contributed by atoms with Crippen LogP contribution in [-0.2, 0) is 17.8 Å². The van der Waals surface area contributed by atoms with Crippen molar-refractivity contribution in [3.05, 3.63) is 65.5 Å². The number of pyridine rings is 1. The van der Waals surface area contributed by atoms with Gasteiger partial charge in [0.25, 0.3) is 0 Å². The highest BCUT2D eigenvalue weighted by atomic mass is 16.4. The van der Waals surface area contributed by atoms with E-state index in [-0.39, 0.29) is 0 Å². The van der Waals surface area contributed by atoms with Gasteiger partial charge < -0.3 is 5.11 Å². The number of carboxylic acids is 1. The van der Waals surface area contributed by atoms with Gasteiger partial charge in [-0.3, -0.25) is 14.7 Å². The second-order valence-corrected chi connectivity index (χ2v) is 6.82. The molecule has 1 saturated heterocycles. The van der Waals surface area contributed by atoms with E-state index in [0.29, 0.717) is 19.5 Å². The van der Waals surface area contributed by atoms with Crippen LogP contribution in [0.4, 0.5) is 0 Å². The number of hydrogen-bond acceptors (Lipinski definition) is 3. The number of carbonyl (C=O) groups is 1. The van der Waals surface area contributed by atoms with Crippen LogP contribution in [0.1, 0.15) is 29.7 Å². The molecule has 4 nitrogen and oxygen atoms in total. The average Bonchev–Trinajstić information content (AvgIpc) is 2.58. The number of carboxylic acid groups (broad SMARTS) is 1. The smallest absolute Gasteiger partial charge is 0.311 e. The first kappa shape index (κ1) is 16.7. The first-order chi connectivity index (χ1) is 11.6. The highest BCUT2D eigenvalue weighted by molar-refractivity contribution is 5.75. The minimum atomic E-state index is -0.709. The predicted octanol–water partition coefficient (Wildman–Crippen LogP) is 3.30. The molecular weight excluding hydrogens is 300 g/mol. The molecule has 0 radical (unpaired) electrons. The number of aromatic nitrogens is 1. The summed E-state index contributed by atoms with van der Waals surface area (Å²) in [6.45, 7) is 4.27. The Labute approximate surface area is 143 Å². The van der Waals surface area contributed by atoms with E-state index >= 15 is 0 Å². The van der Waals surface area contributed by atoms with Gasteiger partial charge in [-0.05, 0) is 56.0 Å². The van der Waals surface area contributed by atoms with E-state index in [2.05, 4.69) is 28.9 Å². The number of rotatable bonds is 5. The first-order valence-corrected chi connectivity index (χ1v) is 8.49. The van der Waals surface area contributed by atoms with Crippen molar-refractivity contribution in [3.8, 4) is 0 Å². The zero-order valence-corrected chi connectivity index (χ0v) is 14.1. The molecule has 4 heteroatoms. The van der Waals surface area contributed by atoms with Crippen LogP contribution in [0.25, 0.3) is 0 Å². The monoisotopic (exact) mass is 324 g/mol. The first-order valence-electron chi connectivity index (χ1n) is 8.49. The van der Waals surface area contributed by atoms with E-state index in [1.807, 2.05) is 30.3 Å². The number of benzene rings is 1. The van der Waals surface area contributed by atoms with Gasteiger partial charge in [-0.25, -0.2) is 0 Å². The normalized spacial score (nSPS) is 21.5. The molecular formula is C20H24N2O2. The SMILES string of the molecule is Cc1ccccc1C[C@@]1(C(=O)O)CCCN(Cc2ccccn2)C1. The quantitative estimate of drug-likeness (QED) is 0.917. The molecule has 1 aliphatic rings. The summed E-state index contributed by atoms with van der Waals surface area (Å²) in [5, 5.41) is 9.98. The molecule has 0 amide bonds. The molecule has 2 aromatic rings. The average molecular weight is 324 g/mol. The summed E-state index contributed by atoms with van der Waals surface area (Å²) in [5.74, 6) is -0.684. The summed E-state index contributed by atoms with van der Waals surface area (Å²) < 4.78 is 0. The number of likely N-dealkylation sites (tertiary alicyclic amines) is 1. The minimum absolute atomic E-state index is 0.577. The van der Waals surface area contributed by atoms with Crippen LogP contribution in [0.5, 0.6) is 0 Å². The van der Waals surface area contributed by atoms with Crippen LogP contribution < -0.4 is 0 Å². The Hall–Kier alpha value is -2.20. The third-order valence-corrected chi connectivity index (χ3v) is 5.01. The Balaban J connectivity index is 1.79. The number of hydrogen-bond donors (Lipinski definition) is 1. The van der Waals surface area contributed by atoms with E-state index < -0.39 is 11.4 Å². The van der Waals surface area contributed by atoms with Crippen molar-refractivity contribution >= 4 is 5.97 Å². The second kappa shape index (κ2) is 7.14. The van der Waals surface area contributed by atoms with E-state index in [1.165, 1.54) is 5.56 Å². The fourth-order valence-corrected chi connectivity index (χ4v) is 3.65. The lowest BCUT2D eigenvalue weighted by Crippen LogP contribution is -2.48. The summed E-state index contributed by atoms with van der Waals surface area (Å²) >= 11 is 0. The van der Waals surface area contributed by atoms with Gasteiger partial charge in [0.1, 0.15) is 0 Å². The molecule has 0 unspecified atom stereocenters. The maximum atomic E-state index is 12.1. The topological polar surface area (TPSA) is 53.4 Å². The molecule has 3 rings (SSSR count). The van der Waals surface area contributed by atoms with Gasteiger partial charge in [0.2, 0.25) is 0 Å². The zero-order chi connectivity index (χ0) is 17.0. The fourth-order valence-electron chi connectivity index (χ4n) is 3.65. The summed E-state index contributed by atoms with van der Waals surface area (Å²) in [4.78, 5) is 18.8. The number of aryl methyl sites for hydroxylation is 1. The minimum Gasteiger partial charge on any atom is -0.481 e. The molecule has 1 atom stereocenters. The van der Waals surface area contributed by atoms with Gasteiger partial charge in [-0.15, -0.1) is 0 Å². The van der Waals surface area contributed by atoms with Crippen molar-refractivity contribution < 1.29 is 9.90 Å². The number of aliphatic carboxylic acids is 1. The van der Waals surface area contributed by atoms with E-state index in [1.54, 1.807) is 6.20 Å². The lowest BCUT2D eigenvalue weighted by Gasteiger charge is -2.40. The summed E-state index contributed by atoms with van der Waals surface area (Å²) in [6.07, 6.45) is 4.02. The molecule has 126 valence electrons. The van der Waals surface area contributed by atoms with Gasteiger partial charge >= 0.3 is 5.97 Å². The molecule has 0 bridgehead atoms. The van der Waals surface area contributed by atoms with Gasteiger partial charge in [0.05, 0.1) is 11.1 Å². The Morgan fingerprint density at radius 3 is 2.75 bits per heavy atom. The van der Waals surface area contributed by atoms with Crippen molar-refractivity contribution in [1.29, 1.82) is 0 Å². The maximum absolute atomic E-state index is 12.1. The van der Waals surface area contributed by atoms with Gasteiger partial charge in [-0.2, -0.15) is 0 Å². The second-order valence-electron chi connectivity index (χ2n) is 6.82. The van der Waals surface area contributed by atoms with Crippen LogP contribution in [0.2, 0.25) is 0 Å². The molecule has 1 fully saturated rings. The molecule has 1 aromatic carbocycles. The van der Waals surface area contributed by atoms with Crippen LogP contribution >= 0.6 is 0 Å². The van der Waals surface area contributed by atoms with Crippen molar-refractivity contribution in [2.45, 2.75) is 32.7 Å². The van der Waals surface area contributed by atoms with E-state index in [0.717, 1.165) is 30.6 Å². The van der Waals surface area contributed by atoms with Crippen LogP contribution in [0.3, 0.4) is 0 Å². The highest BCUT2D eigenvalue weighted by Gasteiger charge is 2.42. The molecule has 0 spiro atoms. The Kier molecular flexibility index (Phi) is 4.95. The van der Waals surface area contributed by atoms with Crippen LogP contribution in [-0.4, -0.2) is 34.0 Å². The molecule has 0 aliphatic carbocycles. The lowest BCUT2D eigenvalue weighted by atomic mass is 9.74. The van der Waals surface area contributed by atoms with Gasteiger partial charge in [0.15, 0.2) is 0 Å². The zero-order valence-electron chi connectivity index (χ0n) is 14.1. The molecule has 1 N–H and O–H groups in total. The summed E-state index contributed by atoms with van der Waals surface area (Å²) in [7, 11) is 0. The highest BCUT2D eigenvalue weighted by Crippen LogP contribution is 2.35. The Bertz CT molecular complexity index is 702. The predicted molar refractivity (Wildman–Crippen MR) is 93.7 cm³/mol. The molecule has 24 heavy (non-hydrogen) atoms. The van der Waals surface area contributed by atoms with Crippen molar-refractivity contribution in [1.82, 2.24) is 9.88 Å². The van der Waals surface area contributed by atoms with Crippen LogP contribution in [0.15, 0.2) is 48.7 Å². The number of nitrogens with zero attached hydrogens (tertiary/aromatic N) is 2. The van der Waals surface area contributed by atoms with Crippen molar-refractivity contribution in [2.75, 3.05) is 13.1 Å². The van der Waals surface area contributed by atoms with Gasteiger partial charge in [0, 0.05) is 19.3 Å². The van der Waals surface area contributed by atoms with Crippen LogP contribution in [0, 0.1) is 12.3 Å². The van der Waals surface area contributed by atoms with E-state index in [9.17, 15) is 9.90 Å². The van der Waals surface area contributed by atoms with Crippen molar-refractivity contribution in [2.24, 2.45) is 5.41 Å². The lowest BCUT2D eigenvalue weighted by molar-refractivity contribution is -0.152.